The Hall–Kier alpha value is -3.18. The lowest BCUT2D eigenvalue weighted by Gasteiger charge is -2.15. The number of hydrogen-bond acceptors (Lipinski definition) is 6. The van der Waals surface area contributed by atoms with Crippen LogP contribution in [0.3, 0.4) is 0 Å². The summed E-state index contributed by atoms with van der Waals surface area (Å²) in [6, 6.07) is 5.88. The molecule has 162 valence electrons. The van der Waals surface area contributed by atoms with Crippen molar-refractivity contribution in [2.45, 2.75) is 24.3 Å². The van der Waals surface area contributed by atoms with Gasteiger partial charge in [-0.1, -0.05) is 12.1 Å². The van der Waals surface area contributed by atoms with E-state index in [4.69, 9.17) is 0 Å². The minimum absolute atomic E-state index is 0.00733. The molecule has 3 heterocycles. The average molecular weight is 444 g/mol. The molecule has 0 aliphatic carbocycles. The van der Waals surface area contributed by atoms with E-state index in [2.05, 4.69) is 20.3 Å². The fourth-order valence-corrected chi connectivity index (χ4v) is 4.93. The number of sulfonamides is 1. The Labute approximate surface area is 179 Å². The van der Waals surface area contributed by atoms with Gasteiger partial charge < -0.3 is 9.88 Å². The van der Waals surface area contributed by atoms with E-state index >= 15 is 0 Å². The van der Waals surface area contributed by atoms with Crippen LogP contribution in [0.4, 0.5) is 10.1 Å². The first-order valence-corrected chi connectivity index (χ1v) is 11.1. The second kappa shape index (κ2) is 8.16. The van der Waals surface area contributed by atoms with Crippen LogP contribution in [0, 0.1) is 12.7 Å². The molecule has 0 unspecified atom stereocenters. The van der Waals surface area contributed by atoms with E-state index < -0.39 is 21.7 Å². The van der Waals surface area contributed by atoms with E-state index in [-0.39, 0.29) is 28.7 Å². The maximum absolute atomic E-state index is 13.8. The van der Waals surface area contributed by atoms with Crippen molar-refractivity contribution in [3.05, 3.63) is 65.9 Å². The van der Waals surface area contributed by atoms with Gasteiger partial charge in [-0.25, -0.2) is 27.8 Å². The molecule has 1 amide bonds. The number of imidazole rings is 1. The van der Waals surface area contributed by atoms with Crippen LogP contribution in [0.2, 0.25) is 0 Å². The van der Waals surface area contributed by atoms with E-state index in [9.17, 15) is 17.6 Å². The third-order valence-electron chi connectivity index (χ3n) is 5.17. The van der Waals surface area contributed by atoms with Crippen molar-refractivity contribution in [1.29, 1.82) is 0 Å². The fourth-order valence-electron chi connectivity index (χ4n) is 3.47. The van der Waals surface area contributed by atoms with E-state index in [1.54, 1.807) is 24.6 Å². The number of amides is 1. The number of aromatic nitrogens is 4. The van der Waals surface area contributed by atoms with Crippen LogP contribution in [0.1, 0.15) is 34.2 Å². The summed E-state index contributed by atoms with van der Waals surface area (Å²) in [5.74, 6) is -0.773. The molecule has 1 N–H and O–H groups in total. The molecule has 0 radical (unpaired) electrons. The van der Waals surface area contributed by atoms with Gasteiger partial charge >= 0.3 is 0 Å². The second-order valence-electron chi connectivity index (χ2n) is 7.39. The summed E-state index contributed by atoms with van der Waals surface area (Å²) < 4.78 is 42.3. The predicted molar refractivity (Wildman–Crippen MR) is 110 cm³/mol. The maximum atomic E-state index is 13.8. The molecule has 1 aromatic carbocycles. The first-order chi connectivity index (χ1) is 14.8. The Morgan fingerprint density at radius 2 is 2.03 bits per heavy atom. The first-order valence-electron chi connectivity index (χ1n) is 9.63. The number of hydrogen-bond donors (Lipinski definition) is 1. The van der Waals surface area contributed by atoms with Crippen molar-refractivity contribution in [2.75, 3.05) is 18.4 Å². The van der Waals surface area contributed by atoms with Gasteiger partial charge in [0, 0.05) is 38.4 Å². The maximum Gasteiger partial charge on any atom is 0.262 e. The van der Waals surface area contributed by atoms with E-state index in [1.165, 1.54) is 41.2 Å². The van der Waals surface area contributed by atoms with E-state index in [0.29, 0.717) is 24.5 Å². The van der Waals surface area contributed by atoms with Gasteiger partial charge in [0.05, 0.1) is 23.3 Å². The lowest BCUT2D eigenvalue weighted by atomic mass is 10.1. The van der Waals surface area contributed by atoms with Crippen LogP contribution in [0.5, 0.6) is 0 Å². The molecule has 2 aromatic heterocycles. The molecule has 1 aliphatic rings. The molecule has 1 saturated heterocycles. The third kappa shape index (κ3) is 4.19. The topological polar surface area (TPSA) is 110 Å². The zero-order valence-electron chi connectivity index (χ0n) is 17.0. The molecule has 31 heavy (non-hydrogen) atoms. The fraction of sp³-hybridized carbons (Fsp3) is 0.300. The Kier molecular flexibility index (Phi) is 5.54. The summed E-state index contributed by atoms with van der Waals surface area (Å²) in [4.78, 5) is 25.2. The first kappa shape index (κ1) is 21.1. The molecule has 1 aliphatic heterocycles. The van der Waals surface area contributed by atoms with Gasteiger partial charge in [-0.05, 0) is 25.5 Å². The van der Waals surface area contributed by atoms with Crippen molar-refractivity contribution in [1.82, 2.24) is 23.8 Å². The number of benzene rings is 1. The highest BCUT2D eigenvalue weighted by atomic mass is 32.2. The standard InChI is InChI=1S/C20H21FN6O3S/c1-13-15(20(28)25-17-6-4-3-5-16(17)21)9-22-19(24-13)14-7-8-27(10-14)31(29,30)18-11-26(2)12-23-18/h3-6,9,11-12,14H,7-8,10H2,1-2H3,(H,25,28)/t14-/m0/s1. The lowest BCUT2D eigenvalue weighted by molar-refractivity contribution is 0.102. The molecule has 1 fully saturated rings. The Morgan fingerprint density at radius 1 is 1.26 bits per heavy atom. The van der Waals surface area contributed by atoms with Gasteiger partial charge in [0.2, 0.25) is 0 Å². The molecule has 0 bridgehead atoms. The number of para-hydroxylation sites is 1. The van der Waals surface area contributed by atoms with Gasteiger partial charge in [0.1, 0.15) is 11.6 Å². The average Bonchev–Trinajstić information content (AvgIpc) is 3.39. The summed E-state index contributed by atoms with van der Waals surface area (Å²) in [5, 5.41) is 2.52. The van der Waals surface area contributed by atoms with Crippen LogP contribution in [0.25, 0.3) is 0 Å². The highest BCUT2D eigenvalue weighted by molar-refractivity contribution is 7.89. The Morgan fingerprint density at radius 3 is 2.71 bits per heavy atom. The minimum atomic E-state index is -3.68. The lowest BCUT2D eigenvalue weighted by Crippen LogP contribution is -2.29. The molecule has 9 nitrogen and oxygen atoms in total. The van der Waals surface area contributed by atoms with Gasteiger partial charge in [-0.15, -0.1) is 0 Å². The van der Waals surface area contributed by atoms with Crippen LogP contribution in [0.15, 0.2) is 48.0 Å². The highest BCUT2D eigenvalue weighted by Gasteiger charge is 2.35. The quantitative estimate of drug-likeness (QED) is 0.645. The molecule has 3 aromatic rings. The smallest absolute Gasteiger partial charge is 0.262 e. The van der Waals surface area contributed by atoms with Gasteiger partial charge in [-0.2, -0.15) is 4.31 Å². The van der Waals surface area contributed by atoms with Crippen molar-refractivity contribution in [2.24, 2.45) is 7.05 Å². The molecular formula is C20H21FN6O3S. The predicted octanol–water partition coefficient (Wildman–Crippen LogP) is 2.09. The van der Waals surface area contributed by atoms with E-state index in [1.807, 2.05) is 0 Å². The number of nitrogens with one attached hydrogen (secondary N) is 1. The number of rotatable bonds is 5. The summed E-state index contributed by atoms with van der Waals surface area (Å²) in [6.45, 7) is 2.24. The van der Waals surface area contributed by atoms with Crippen LogP contribution >= 0.6 is 0 Å². The number of halogens is 1. The monoisotopic (exact) mass is 444 g/mol. The number of carbonyl (C=O) groups is 1. The van der Waals surface area contributed by atoms with E-state index in [0.717, 1.165) is 0 Å². The zero-order chi connectivity index (χ0) is 22.2. The van der Waals surface area contributed by atoms with Gasteiger partial charge in [0.15, 0.2) is 5.03 Å². The van der Waals surface area contributed by atoms with Crippen LogP contribution in [-0.2, 0) is 17.1 Å². The summed E-state index contributed by atoms with van der Waals surface area (Å²) in [6.07, 6.45) is 4.86. The molecular weight excluding hydrogens is 423 g/mol. The SMILES string of the molecule is Cc1nc([C@H]2CCN(S(=O)(=O)c3cn(C)cn3)C2)ncc1C(=O)Nc1ccccc1F. The molecule has 1 atom stereocenters. The molecule has 0 saturated carbocycles. The van der Waals surface area contributed by atoms with Crippen LogP contribution < -0.4 is 5.32 Å². The second-order valence-corrected chi connectivity index (χ2v) is 9.27. The largest absolute Gasteiger partial charge is 0.339 e. The third-order valence-corrected chi connectivity index (χ3v) is 6.92. The highest BCUT2D eigenvalue weighted by Crippen LogP contribution is 2.29. The van der Waals surface area contributed by atoms with Gasteiger partial charge in [0.25, 0.3) is 15.9 Å². The normalized spacial score (nSPS) is 17.1. The number of anilines is 1. The van der Waals surface area contributed by atoms with Crippen molar-refractivity contribution < 1.29 is 17.6 Å². The Bertz CT molecular complexity index is 1240. The molecule has 4 rings (SSSR count). The van der Waals surface area contributed by atoms with Crippen molar-refractivity contribution in [3.8, 4) is 0 Å². The zero-order valence-corrected chi connectivity index (χ0v) is 17.8. The van der Waals surface area contributed by atoms with Crippen molar-refractivity contribution in [3.63, 3.8) is 0 Å². The summed E-state index contributed by atoms with van der Waals surface area (Å²) in [7, 11) is -1.98. The number of carbonyl (C=O) groups excluding carboxylic acids is 1. The molecule has 0 spiro atoms. The summed E-state index contributed by atoms with van der Waals surface area (Å²) >= 11 is 0. The summed E-state index contributed by atoms with van der Waals surface area (Å²) in [5.41, 5.74) is 0.731. The van der Waals surface area contributed by atoms with Crippen molar-refractivity contribution >= 4 is 21.6 Å². The minimum Gasteiger partial charge on any atom is -0.339 e. The Balaban J connectivity index is 1.48. The van der Waals surface area contributed by atoms with Crippen LogP contribution in [-0.4, -0.2) is 51.2 Å². The van der Waals surface area contributed by atoms with Gasteiger partial charge in [-0.3, -0.25) is 4.79 Å². The number of aryl methyl sites for hydroxylation is 2. The molecule has 11 heteroatoms. The number of nitrogens with zero attached hydrogens (tertiary/aromatic N) is 5.